The summed E-state index contributed by atoms with van der Waals surface area (Å²) in [5.41, 5.74) is -8.88. The number of aromatic nitrogens is 4. The second-order valence-corrected chi connectivity index (χ2v) is 22.5. The van der Waals surface area contributed by atoms with Crippen LogP contribution in [0, 0.1) is 0 Å². The molecule has 5 heterocycles. The highest BCUT2D eigenvalue weighted by Crippen LogP contribution is 2.36. The Bertz CT molecular complexity index is 4470. The number of hydrogen-bond donors (Lipinski definition) is 1. The summed E-state index contributed by atoms with van der Waals surface area (Å²) in [5, 5.41) is 11.2. The maximum Gasteiger partial charge on any atom is 0.534 e. The number of piperidine rings is 1. The summed E-state index contributed by atoms with van der Waals surface area (Å²) >= 11 is 0. The number of amides is 3. The summed E-state index contributed by atoms with van der Waals surface area (Å²) in [6.45, 7) is 4.98. The molecule has 10 rings (SSSR count). The van der Waals surface area contributed by atoms with E-state index in [9.17, 15) is 77.1 Å². The van der Waals surface area contributed by atoms with Crippen LogP contribution in [0.3, 0.4) is 0 Å². The minimum atomic E-state index is -6.04. The summed E-state index contributed by atoms with van der Waals surface area (Å²) in [5.74, 6) is -7.81. The van der Waals surface area contributed by atoms with E-state index in [1.807, 2.05) is 36.4 Å². The molecule has 9 aromatic rings. The molecule has 100 heavy (non-hydrogen) atoms. The first kappa shape index (κ1) is 77.5. The fourth-order valence-electron chi connectivity index (χ4n) is 7.86. The largest absolute Gasteiger partial charge is 0.534 e. The van der Waals surface area contributed by atoms with Crippen molar-refractivity contribution in [2.24, 2.45) is 4.99 Å². The van der Waals surface area contributed by atoms with E-state index in [1.54, 1.807) is 105 Å². The van der Waals surface area contributed by atoms with Gasteiger partial charge in [-0.25, -0.2) is 24.5 Å². The number of hydroxylamine groups is 4. The quantitative estimate of drug-likeness (QED) is 0.0159. The van der Waals surface area contributed by atoms with E-state index >= 15 is 0 Å². The maximum atomic E-state index is 12.5. The van der Waals surface area contributed by atoms with Crippen molar-refractivity contribution in [2.75, 3.05) is 59.5 Å². The van der Waals surface area contributed by atoms with Gasteiger partial charge < -0.3 is 45.5 Å². The standard InChI is InChI=1S/C17H21N3O3.C13H11F3N2O6S.C13H10F3NO6S.C12H11NO4.C8H5NO2/c1-19(22-2)17(21)14-15(20-11-7-4-8-12-20)18-16(23-14)13-9-5-3-6-10-13;1-18(22-2)12(19)9-11(24-25(20,21)13(14,15)16)17-10(23-9)8-6-4-3-5-7-8;1-2-21-12(18)9-11(23-24(19,20)13(14,15)16)17-10(22-9)8-6-4-3-5-7-8;1-2-16-12(15)9-10(14)13-11(17-9)8-6-4-3-5-7-8;10-6-9-8(11)7-4-2-1-3-5-7/h3,5-6,9-10H,4,7-8,11-12H2,1-2H3;3-7H,1-2H3;3-7H,2H2,1H3;3-7,14H,2H2,1H3;1-5H. The van der Waals surface area contributed by atoms with Crippen LogP contribution < -0.4 is 13.3 Å². The number of isocyanates is 1. The number of anilines is 1. The molecule has 1 saturated heterocycles. The molecule has 0 aliphatic carbocycles. The summed E-state index contributed by atoms with van der Waals surface area (Å²) in [6, 6.07) is 42.5. The first-order valence-corrected chi connectivity index (χ1v) is 31.7. The van der Waals surface area contributed by atoms with Gasteiger partial charge in [0.05, 0.1) is 27.4 Å². The van der Waals surface area contributed by atoms with Crippen molar-refractivity contribution in [1.29, 1.82) is 0 Å². The summed E-state index contributed by atoms with van der Waals surface area (Å²) in [7, 11) is -6.80. The molecule has 1 aliphatic rings. The van der Waals surface area contributed by atoms with E-state index in [0.717, 1.165) is 50.7 Å². The Balaban J connectivity index is 0.000000201. The van der Waals surface area contributed by atoms with Crippen LogP contribution in [0.4, 0.5) is 32.2 Å². The molecule has 0 atom stereocenters. The van der Waals surface area contributed by atoms with E-state index < -0.39 is 84.2 Å². The molecule has 4 aromatic heterocycles. The molecule has 530 valence electrons. The van der Waals surface area contributed by atoms with Crippen molar-refractivity contribution in [2.45, 2.75) is 44.1 Å². The van der Waals surface area contributed by atoms with Crippen LogP contribution >= 0.6 is 0 Å². The first-order chi connectivity index (χ1) is 47.5. The topological polar surface area (TPSA) is 373 Å². The average Bonchev–Trinajstić information content (AvgIpc) is 1.62. The number of alkyl halides is 6. The van der Waals surface area contributed by atoms with Crippen molar-refractivity contribution in [3.63, 3.8) is 0 Å². The molecular formula is C63H58F6N8O21S2. The number of carbonyl (C=O) groups is 5. The first-order valence-electron chi connectivity index (χ1n) is 28.9. The highest BCUT2D eigenvalue weighted by Gasteiger charge is 2.51. The van der Waals surface area contributed by atoms with Crippen molar-refractivity contribution in [1.82, 2.24) is 30.1 Å². The lowest BCUT2D eigenvalue weighted by Gasteiger charge is -2.27. The van der Waals surface area contributed by atoms with Crippen LogP contribution in [-0.4, -0.2) is 153 Å². The molecule has 0 bridgehead atoms. The number of hydrogen-bond acceptors (Lipinski definition) is 26. The van der Waals surface area contributed by atoms with E-state index in [1.165, 1.54) is 50.8 Å². The number of rotatable bonds is 18. The van der Waals surface area contributed by atoms with Gasteiger partial charge in [-0.15, -0.1) is 4.99 Å². The summed E-state index contributed by atoms with van der Waals surface area (Å²) in [4.78, 5) is 98.3. The van der Waals surface area contributed by atoms with Gasteiger partial charge in [0, 0.05) is 55.0 Å². The van der Waals surface area contributed by atoms with Crippen molar-refractivity contribution in [3.8, 4) is 63.5 Å². The number of ether oxygens (including phenoxy) is 2. The van der Waals surface area contributed by atoms with Crippen molar-refractivity contribution in [3.05, 3.63) is 180 Å². The summed E-state index contributed by atoms with van der Waals surface area (Å²) < 4.78 is 158. The van der Waals surface area contributed by atoms with E-state index in [4.69, 9.17) is 27.2 Å². The number of carbonyl (C=O) groups excluding carboxylic acids is 6. The Morgan fingerprint density at radius 3 is 1.25 bits per heavy atom. The Morgan fingerprint density at radius 1 is 0.520 bits per heavy atom. The molecule has 29 nitrogen and oxygen atoms in total. The fourth-order valence-corrected chi connectivity index (χ4v) is 8.69. The van der Waals surface area contributed by atoms with Crippen LogP contribution in [0.2, 0.25) is 0 Å². The molecular weight excluding hydrogens is 1380 g/mol. The molecule has 1 N–H and O–H groups in total. The third-order valence-electron chi connectivity index (χ3n) is 12.7. The van der Waals surface area contributed by atoms with E-state index in [2.05, 4.69) is 47.8 Å². The molecule has 0 spiro atoms. The van der Waals surface area contributed by atoms with Gasteiger partial charge in [-0.3, -0.25) is 24.1 Å². The molecule has 1 fully saturated rings. The van der Waals surface area contributed by atoms with Gasteiger partial charge in [-0.2, -0.15) is 63.1 Å². The number of esters is 2. The third kappa shape index (κ3) is 21.0. The fraction of sp³-hybridized carbons (Fsp3) is 0.238. The normalized spacial score (nSPS) is 11.9. The van der Waals surface area contributed by atoms with Gasteiger partial charge in [0.25, 0.3) is 40.8 Å². The lowest BCUT2D eigenvalue weighted by atomic mass is 10.1. The molecule has 0 radical (unpaired) electrons. The SMILES string of the molecule is CCOC(=O)c1oc(-c2ccccc2)nc1O.CCOC(=O)c1oc(-c2ccccc2)nc1OS(=O)(=O)C(F)(F)F.CON(C)C(=O)c1oc(-c2ccccc2)nc1N1CCCCC1.CON(C)C(=O)c1oc(-c2ccccc2)nc1OS(=O)(=O)C(F)(F)F.O=C=NC(=O)c1ccccc1. The van der Waals surface area contributed by atoms with Crippen LogP contribution in [0.25, 0.3) is 45.8 Å². The second-order valence-electron chi connectivity index (χ2n) is 19.4. The van der Waals surface area contributed by atoms with Gasteiger partial charge in [0.2, 0.25) is 35.4 Å². The van der Waals surface area contributed by atoms with Crippen LogP contribution in [0.5, 0.6) is 17.6 Å². The average molecular weight is 1440 g/mol. The maximum absolute atomic E-state index is 12.5. The monoisotopic (exact) mass is 1440 g/mol. The molecule has 0 unspecified atom stereocenters. The van der Waals surface area contributed by atoms with Crippen molar-refractivity contribution >= 4 is 61.8 Å². The molecule has 37 heteroatoms. The zero-order chi connectivity index (χ0) is 73.4. The number of nitrogens with zero attached hydrogens (tertiary/aromatic N) is 8. The van der Waals surface area contributed by atoms with Crippen LogP contribution in [0.15, 0.2) is 174 Å². The number of benzene rings is 5. The smallest absolute Gasteiger partial charge is 0.490 e. The third-order valence-corrected chi connectivity index (χ3v) is 14.6. The number of aromatic hydroxyl groups is 1. The zero-order valence-electron chi connectivity index (χ0n) is 53.2. The van der Waals surface area contributed by atoms with Crippen molar-refractivity contribution < 1.29 is 122 Å². The zero-order valence-corrected chi connectivity index (χ0v) is 54.8. The van der Waals surface area contributed by atoms with Crippen LogP contribution in [0.1, 0.15) is 85.7 Å². The predicted octanol–water partition coefficient (Wildman–Crippen LogP) is 11.3. The van der Waals surface area contributed by atoms with Crippen LogP contribution in [-0.2, 0) is 44.2 Å². The molecule has 3 amide bonds. The highest BCUT2D eigenvalue weighted by molar-refractivity contribution is 7.88. The predicted molar refractivity (Wildman–Crippen MR) is 336 cm³/mol. The van der Waals surface area contributed by atoms with Gasteiger partial charge in [0.1, 0.15) is 0 Å². The molecule has 0 saturated carbocycles. The van der Waals surface area contributed by atoms with E-state index in [-0.39, 0.29) is 53.9 Å². The Hall–Kier alpha value is -11.5. The highest BCUT2D eigenvalue weighted by atomic mass is 32.2. The van der Waals surface area contributed by atoms with E-state index in [0.29, 0.717) is 33.5 Å². The minimum absolute atomic E-state index is 0.119. The lowest BCUT2D eigenvalue weighted by Crippen LogP contribution is -2.33. The van der Waals surface area contributed by atoms with Gasteiger partial charge in [0.15, 0.2) is 5.82 Å². The Labute approximate surface area is 564 Å². The van der Waals surface area contributed by atoms with Gasteiger partial charge in [-0.1, -0.05) is 91.0 Å². The number of halogens is 6. The summed E-state index contributed by atoms with van der Waals surface area (Å²) in [6.07, 6.45) is 4.60. The Morgan fingerprint density at radius 2 is 0.860 bits per heavy atom. The number of aliphatic imine (C=N–C) groups is 1. The second kappa shape index (κ2) is 35.6. The molecule has 1 aliphatic heterocycles. The molecule has 5 aromatic carbocycles. The lowest BCUT2D eigenvalue weighted by molar-refractivity contribution is -0.0775. The Kier molecular flexibility index (Phi) is 27.6. The number of oxazole rings is 4. The minimum Gasteiger partial charge on any atom is -0.490 e. The van der Waals surface area contributed by atoms with Gasteiger partial charge >= 0.3 is 55.0 Å². The van der Waals surface area contributed by atoms with Gasteiger partial charge in [-0.05, 0) is 93.8 Å².